The smallest absolute Gasteiger partial charge is 0.330 e. The van der Waals surface area contributed by atoms with Gasteiger partial charge in [-0.15, -0.1) is 0 Å². The van der Waals surface area contributed by atoms with Crippen molar-refractivity contribution in [1.29, 1.82) is 0 Å². The van der Waals surface area contributed by atoms with Gasteiger partial charge in [0.25, 0.3) is 5.97 Å². The summed E-state index contributed by atoms with van der Waals surface area (Å²) in [5, 5.41) is 0. The topological polar surface area (TPSA) is 54.0 Å². The van der Waals surface area contributed by atoms with E-state index >= 15 is 0 Å². The van der Waals surface area contributed by atoms with E-state index in [-0.39, 0.29) is 5.97 Å². The molecule has 1 atom stereocenters. The molecule has 0 aromatic carbocycles. The summed E-state index contributed by atoms with van der Waals surface area (Å²) in [6, 6.07) is 0. The lowest BCUT2D eigenvalue weighted by Gasteiger charge is -2.35. The summed E-state index contributed by atoms with van der Waals surface area (Å²) in [7, 11) is 0. The molecule has 0 aromatic rings. The van der Waals surface area contributed by atoms with E-state index in [9.17, 15) is 4.79 Å². The molecule has 0 heterocycles. The number of carbonyl (C=O) groups is 1. The van der Waals surface area contributed by atoms with Crippen molar-refractivity contribution in [2.24, 2.45) is 5.92 Å². The number of unbranched alkanes of at least 4 members (excludes halogenated alkanes) is 4. The van der Waals surface area contributed by atoms with E-state index in [0.29, 0.717) is 38.8 Å². The molecular weight excluding hydrogens is 344 g/mol. The average Bonchev–Trinajstić information content (AvgIpc) is 2.65. The van der Waals surface area contributed by atoms with Gasteiger partial charge in [-0.1, -0.05) is 52.0 Å². The minimum atomic E-state index is -0.968. The maximum Gasteiger partial charge on any atom is 0.330 e. The third kappa shape index (κ3) is 13.0. The minimum Gasteiger partial charge on any atom is -0.463 e. The fourth-order valence-corrected chi connectivity index (χ4v) is 3.30. The Balaban J connectivity index is 4.77. The van der Waals surface area contributed by atoms with Crippen LogP contribution in [0.15, 0.2) is 12.7 Å². The van der Waals surface area contributed by atoms with Crippen LogP contribution in [0.4, 0.5) is 0 Å². The summed E-state index contributed by atoms with van der Waals surface area (Å²) in [5.74, 6) is -0.929. The van der Waals surface area contributed by atoms with Gasteiger partial charge in [-0.2, -0.15) is 0 Å². The molecule has 5 nitrogen and oxygen atoms in total. The number of esters is 1. The van der Waals surface area contributed by atoms with Gasteiger partial charge in [0.05, 0.1) is 6.61 Å². The molecule has 5 heteroatoms. The van der Waals surface area contributed by atoms with Gasteiger partial charge in [0.1, 0.15) is 0 Å². The molecule has 0 aliphatic rings. The SMILES string of the molecule is C=CC(=O)OCCCC(CCCCCCC)CC(OCC)(OCC)OCC. The van der Waals surface area contributed by atoms with Crippen LogP contribution in [0.3, 0.4) is 0 Å². The second-order valence-electron chi connectivity index (χ2n) is 6.77. The standard InChI is InChI=1S/C22H42O5/c1-6-11-12-13-14-16-20(17-15-18-24-21(23)7-2)19-22(25-8-3,26-9-4)27-10-5/h7,20H,2,6,8-19H2,1,3-5H3. The van der Waals surface area contributed by atoms with Gasteiger partial charge >= 0.3 is 5.97 Å². The Bertz CT molecular complexity index is 353. The van der Waals surface area contributed by atoms with Crippen molar-refractivity contribution in [2.75, 3.05) is 26.4 Å². The zero-order valence-corrected chi connectivity index (χ0v) is 18.1. The second kappa shape index (κ2) is 17.2. The Morgan fingerprint density at radius 1 is 0.889 bits per heavy atom. The molecule has 0 bridgehead atoms. The summed E-state index contributed by atoms with van der Waals surface area (Å²) in [5.41, 5.74) is 0. The zero-order valence-electron chi connectivity index (χ0n) is 18.1. The van der Waals surface area contributed by atoms with Crippen LogP contribution in [0.5, 0.6) is 0 Å². The summed E-state index contributed by atoms with van der Waals surface area (Å²) in [6.07, 6.45) is 11.1. The fraction of sp³-hybridized carbons (Fsp3) is 0.864. The summed E-state index contributed by atoms with van der Waals surface area (Å²) in [6.45, 7) is 13.6. The number of hydrogen-bond acceptors (Lipinski definition) is 5. The van der Waals surface area contributed by atoms with E-state index in [1.807, 2.05) is 20.8 Å². The first-order valence-electron chi connectivity index (χ1n) is 10.8. The molecule has 0 aliphatic carbocycles. The van der Waals surface area contributed by atoms with Gasteiger partial charge in [-0.05, 0) is 39.5 Å². The first kappa shape index (κ1) is 26.1. The Morgan fingerprint density at radius 3 is 1.96 bits per heavy atom. The third-order valence-electron chi connectivity index (χ3n) is 4.52. The molecule has 0 radical (unpaired) electrons. The monoisotopic (exact) mass is 386 g/mol. The quantitative estimate of drug-likeness (QED) is 0.125. The van der Waals surface area contributed by atoms with E-state index in [0.717, 1.165) is 19.3 Å². The van der Waals surface area contributed by atoms with Crippen LogP contribution in [0, 0.1) is 5.92 Å². The molecule has 27 heavy (non-hydrogen) atoms. The first-order valence-corrected chi connectivity index (χ1v) is 10.8. The Kier molecular flexibility index (Phi) is 16.6. The normalized spacial score (nSPS) is 12.7. The third-order valence-corrected chi connectivity index (χ3v) is 4.52. The molecule has 0 aromatic heterocycles. The van der Waals surface area contributed by atoms with Crippen molar-refractivity contribution in [3.8, 4) is 0 Å². The van der Waals surface area contributed by atoms with Crippen LogP contribution in [0.25, 0.3) is 0 Å². The van der Waals surface area contributed by atoms with Gasteiger partial charge < -0.3 is 18.9 Å². The highest BCUT2D eigenvalue weighted by molar-refractivity contribution is 5.81. The lowest BCUT2D eigenvalue weighted by Crippen LogP contribution is -2.41. The highest BCUT2D eigenvalue weighted by Crippen LogP contribution is 2.31. The highest BCUT2D eigenvalue weighted by Gasteiger charge is 2.35. The van der Waals surface area contributed by atoms with Crippen molar-refractivity contribution in [3.05, 3.63) is 12.7 Å². The second-order valence-corrected chi connectivity index (χ2v) is 6.77. The Hall–Kier alpha value is -0.910. The maximum atomic E-state index is 11.2. The Labute approximate surface area is 166 Å². The zero-order chi connectivity index (χ0) is 20.4. The largest absolute Gasteiger partial charge is 0.463 e. The van der Waals surface area contributed by atoms with Crippen LogP contribution >= 0.6 is 0 Å². The molecule has 0 aliphatic heterocycles. The molecule has 0 fully saturated rings. The fourth-order valence-electron chi connectivity index (χ4n) is 3.30. The van der Waals surface area contributed by atoms with E-state index in [4.69, 9.17) is 18.9 Å². The van der Waals surface area contributed by atoms with Crippen molar-refractivity contribution < 1.29 is 23.7 Å². The van der Waals surface area contributed by atoms with Gasteiger partial charge in [-0.3, -0.25) is 0 Å². The van der Waals surface area contributed by atoms with Gasteiger partial charge in [0, 0.05) is 32.3 Å². The van der Waals surface area contributed by atoms with E-state index < -0.39 is 5.97 Å². The van der Waals surface area contributed by atoms with Crippen LogP contribution < -0.4 is 0 Å². The number of hydrogen-bond donors (Lipinski definition) is 0. The van der Waals surface area contributed by atoms with Crippen LogP contribution in [-0.4, -0.2) is 38.4 Å². The first-order chi connectivity index (χ1) is 13.1. The Morgan fingerprint density at radius 2 is 1.44 bits per heavy atom. The van der Waals surface area contributed by atoms with Crippen molar-refractivity contribution in [1.82, 2.24) is 0 Å². The van der Waals surface area contributed by atoms with Crippen LogP contribution in [0.2, 0.25) is 0 Å². The average molecular weight is 387 g/mol. The van der Waals surface area contributed by atoms with E-state index in [2.05, 4.69) is 13.5 Å². The van der Waals surface area contributed by atoms with E-state index in [1.54, 1.807) is 0 Å². The molecule has 0 amide bonds. The predicted octanol–water partition coefficient (Wildman–Crippen LogP) is 5.63. The van der Waals surface area contributed by atoms with Crippen LogP contribution in [0.1, 0.15) is 85.5 Å². The van der Waals surface area contributed by atoms with Crippen molar-refractivity contribution >= 4 is 5.97 Å². The van der Waals surface area contributed by atoms with Crippen molar-refractivity contribution in [3.63, 3.8) is 0 Å². The van der Waals surface area contributed by atoms with Gasteiger partial charge in [0.2, 0.25) is 0 Å². The van der Waals surface area contributed by atoms with E-state index in [1.165, 1.54) is 38.2 Å². The van der Waals surface area contributed by atoms with Gasteiger partial charge in [-0.25, -0.2) is 4.79 Å². The molecule has 0 spiro atoms. The number of carbonyl (C=O) groups excluding carboxylic acids is 1. The lowest BCUT2D eigenvalue weighted by atomic mass is 9.91. The van der Waals surface area contributed by atoms with Crippen LogP contribution in [-0.2, 0) is 23.7 Å². The molecular formula is C22H42O5. The molecule has 0 saturated heterocycles. The predicted molar refractivity (Wildman–Crippen MR) is 109 cm³/mol. The number of ether oxygens (including phenoxy) is 4. The molecule has 0 saturated carbocycles. The van der Waals surface area contributed by atoms with Crippen molar-refractivity contribution in [2.45, 2.75) is 91.5 Å². The molecule has 160 valence electrons. The maximum absolute atomic E-state index is 11.2. The highest BCUT2D eigenvalue weighted by atomic mass is 16.9. The van der Waals surface area contributed by atoms with Gasteiger partial charge in [0.15, 0.2) is 0 Å². The molecule has 1 unspecified atom stereocenters. The molecule has 0 rings (SSSR count). The number of rotatable bonds is 19. The lowest BCUT2D eigenvalue weighted by molar-refractivity contribution is -0.384. The minimum absolute atomic E-state index is 0.363. The summed E-state index contributed by atoms with van der Waals surface area (Å²) < 4.78 is 22.8. The summed E-state index contributed by atoms with van der Waals surface area (Å²) in [4.78, 5) is 11.2. The summed E-state index contributed by atoms with van der Waals surface area (Å²) >= 11 is 0. The molecule has 0 N–H and O–H groups in total.